The Hall–Kier alpha value is -4.88. The van der Waals surface area contributed by atoms with Crippen molar-refractivity contribution in [2.75, 3.05) is 38.1 Å². The van der Waals surface area contributed by atoms with Gasteiger partial charge in [-0.15, -0.1) is 0 Å². The van der Waals surface area contributed by atoms with E-state index in [1.54, 1.807) is 12.3 Å². The summed E-state index contributed by atoms with van der Waals surface area (Å²) in [5.74, 6) is -5.65. The van der Waals surface area contributed by atoms with Crippen LogP contribution in [0, 0.1) is 17.0 Å². The summed E-state index contributed by atoms with van der Waals surface area (Å²) in [4.78, 5) is 59.6. The Balaban J connectivity index is 0. The molecule has 0 fully saturated rings. The van der Waals surface area contributed by atoms with E-state index in [-0.39, 0.29) is 55.3 Å². The average Bonchev–Trinajstić information content (AvgIpc) is 3.65. The SMILES string of the molecule is CC.CC.CC.CC(C)(C)C(c1cc(-c2cc(F)ccc2F)cn1Cc1ccccc1)N(CC[C@H](N)C(=O)NCCCNC(=O)CNC(=O)CBr)C(=O)CO.O=C(O)C(F)(F)F. The number of hydrogen-bond donors (Lipinski definition) is 6. The van der Waals surface area contributed by atoms with Gasteiger partial charge in [0.1, 0.15) is 18.2 Å². The standard InChI is InChI=1S/C35H45BrF2N6O5.C2HF3O2.3C2H6/c1-35(2,3)33(29-16-24(26-17-25(37)10-11-27(26)38)21-43(29)20-23-8-5-4-6-9-23)44(32(48)22-45)15-12-28(39)34(49)41-14-7-13-40-31(47)19-42-30(46)18-36;3-2(4,5)1(6)7;3*1-2/h4-6,8-11,16-17,21,28,33,45H,7,12-15,18-20,22,39H2,1-3H3,(H,40,47)(H,41,49)(H,42,46);(H,6,7);3*1-2H3/t28-,33?;;;;/m0..../s1. The lowest BCUT2D eigenvalue weighted by atomic mass is 9.82. The molecular formula is C43H64BrF5N6O7. The first-order valence-corrected chi connectivity index (χ1v) is 21.3. The van der Waals surface area contributed by atoms with Crippen LogP contribution < -0.4 is 21.7 Å². The number of amides is 4. The lowest BCUT2D eigenvalue weighted by molar-refractivity contribution is -0.192. The van der Waals surface area contributed by atoms with Crippen LogP contribution in [0.1, 0.15) is 92.5 Å². The van der Waals surface area contributed by atoms with Crippen LogP contribution >= 0.6 is 15.9 Å². The van der Waals surface area contributed by atoms with Gasteiger partial charge >= 0.3 is 12.1 Å². The minimum absolute atomic E-state index is 0.0201. The smallest absolute Gasteiger partial charge is 0.475 e. The van der Waals surface area contributed by atoms with Gasteiger partial charge in [0, 0.05) is 49.2 Å². The summed E-state index contributed by atoms with van der Waals surface area (Å²) in [6, 6.07) is 12.9. The van der Waals surface area contributed by atoms with E-state index in [0.717, 1.165) is 23.8 Å². The van der Waals surface area contributed by atoms with Crippen LogP contribution in [0.25, 0.3) is 11.1 Å². The number of aromatic nitrogens is 1. The molecule has 13 nitrogen and oxygen atoms in total. The molecule has 1 aromatic heterocycles. The van der Waals surface area contributed by atoms with E-state index in [4.69, 9.17) is 15.6 Å². The topological polar surface area (TPSA) is 196 Å². The first-order chi connectivity index (χ1) is 29.2. The molecule has 0 saturated heterocycles. The van der Waals surface area contributed by atoms with Crippen LogP contribution in [-0.2, 0) is 30.5 Å². The molecule has 62 heavy (non-hydrogen) atoms. The summed E-state index contributed by atoms with van der Waals surface area (Å²) in [6.07, 6.45) is -2.87. The number of carbonyl (C=O) groups excluding carboxylic acids is 4. The third-order valence-corrected chi connectivity index (χ3v) is 8.54. The summed E-state index contributed by atoms with van der Waals surface area (Å²) in [6.45, 7) is 17.7. The van der Waals surface area contributed by atoms with Crippen molar-refractivity contribution >= 4 is 45.5 Å². The largest absolute Gasteiger partial charge is 0.490 e. The first-order valence-electron chi connectivity index (χ1n) is 20.2. The Morgan fingerprint density at radius 3 is 1.94 bits per heavy atom. The number of carboxylic acid groups (broad SMARTS) is 1. The molecular weight excluding hydrogens is 887 g/mol. The van der Waals surface area contributed by atoms with Crippen LogP contribution in [0.4, 0.5) is 22.0 Å². The van der Waals surface area contributed by atoms with Crippen molar-refractivity contribution in [3.63, 3.8) is 0 Å². The minimum Gasteiger partial charge on any atom is -0.475 e. The highest BCUT2D eigenvalue weighted by atomic mass is 79.9. The van der Waals surface area contributed by atoms with Gasteiger partial charge < -0.3 is 41.4 Å². The van der Waals surface area contributed by atoms with Crippen molar-refractivity contribution in [1.82, 2.24) is 25.4 Å². The molecule has 0 spiro atoms. The Morgan fingerprint density at radius 2 is 1.42 bits per heavy atom. The molecule has 3 rings (SSSR count). The number of benzene rings is 2. The maximum absolute atomic E-state index is 15.0. The highest BCUT2D eigenvalue weighted by Crippen LogP contribution is 2.41. The van der Waals surface area contributed by atoms with Crippen LogP contribution in [0.3, 0.4) is 0 Å². The Labute approximate surface area is 370 Å². The van der Waals surface area contributed by atoms with E-state index in [0.29, 0.717) is 24.2 Å². The zero-order chi connectivity index (χ0) is 48.2. The zero-order valence-electron chi connectivity index (χ0n) is 37.0. The number of nitrogens with one attached hydrogen (secondary N) is 3. The molecule has 2 atom stereocenters. The predicted octanol–water partition coefficient (Wildman–Crippen LogP) is 6.95. The number of alkyl halides is 4. The van der Waals surface area contributed by atoms with Gasteiger partial charge in [-0.2, -0.15) is 13.2 Å². The number of hydrogen-bond acceptors (Lipinski definition) is 7. The number of nitrogens with two attached hydrogens (primary N) is 1. The van der Waals surface area contributed by atoms with Gasteiger partial charge in [0.25, 0.3) is 0 Å². The second kappa shape index (κ2) is 31.0. The van der Waals surface area contributed by atoms with Crippen LogP contribution in [0.5, 0.6) is 0 Å². The number of carbonyl (C=O) groups is 5. The van der Waals surface area contributed by atoms with Gasteiger partial charge in [-0.1, -0.05) is 109 Å². The molecule has 0 saturated carbocycles. The first kappa shape index (κ1) is 59.2. The summed E-state index contributed by atoms with van der Waals surface area (Å²) in [7, 11) is 0. The van der Waals surface area contributed by atoms with Crippen LogP contribution in [0.2, 0.25) is 0 Å². The Bertz CT molecular complexity index is 1790. The monoisotopic (exact) mass is 950 g/mol. The number of carboxylic acids is 1. The summed E-state index contributed by atoms with van der Waals surface area (Å²) in [5, 5.41) is 25.0. The van der Waals surface area contributed by atoms with E-state index in [9.17, 15) is 46.2 Å². The third-order valence-electron chi connectivity index (χ3n) is 8.04. The van der Waals surface area contributed by atoms with E-state index < -0.39 is 59.7 Å². The summed E-state index contributed by atoms with van der Waals surface area (Å²) in [5.41, 5.74) is 7.67. The van der Waals surface area contributed by atoms with Crippen LogP contribution in [0.15, 0.2) is 60.8 Å². The van der Waals surface area contributed by atoms with E-state index >= 15 is 0 Å². The normalized spacial score (nSPS) is 11.5. The Kier molecular flexibility index (Phi) is 29.6. The van der Waals surface area contributed by atoms with Crippen molar-refractivity contribution < 1.29 is 56.1 Å². The summed E-state index contributed by atoms with van der Waals surface area (Å²) < 4.78 is 62.8. The number of nitrogens with zero attached hydrogens (tertiary/aromatic N) is 2. The quantitative estimate of drug-likeness (QED) is 0.0475. The molecule has 7 N–H and O–H groups in total. The van der Waals surface area contributed by atoms with Gasteiger partial charge in [-0.3, -0.25) is 19.2 Å². The minimum atomic E-state index is -5.08. The van der Waals surface area contributed by atoms with Gasteiger partial charge in [0.05, 0.1) is 24.0 Å². The van der Waals surface area contributed by atoms with Crippen molar-refractivity contribution in [1.29, 1.82) is 0 Å². The zero-order valence-corrected chi connectivity index (χ0v) is 38.6. The third kappa shape index (κ3) is 21.8. The molecule has 350 valence electrons. The highest BCUT2D eigenvalue weighted by molar-refractivity contribution is 9.09. The van der Waals surface area contributed by atoms with Crippen molar-refractivity contribution in [2.45, 2.75) is 100.0 Å². The number of halogens is 6. The fourth-order valence-electron chi connectivity index (χ4n) is 5.46. The molecule has 0 aliphatic rings. The van der Waals surface area contributed by atoms with Gasteiger partial charge in [0.2, 0.25) is 23.6 Å². The van der Waals surface area contributed by atoms with Crippen molar-refractivity contribution in [3.8, 4) is 11.1 Å². The highest BCUT2D eigenvalue weighted by Gasteiger charge is 2.39. The summed E-state index contributed by atoms with van der Waals surface area (Å²) >= 11 is 3.00. The van der Waals surface area contributed by atoms with Gasteiger partial charge in [-0.05, 0) is 48.1 Å². The second-order valence-corrected chi connectivity index (χ2v) is 14.1. The predicted molar refractivity (Wildman–Crippen MR) is 234 cm³/mol. The molecule has 19 heteroatoms. The van der Waals surface area contributed by atoms with E-state index in [1.807, 2.05) is 97.2 Å². The molecule has 0 aliphatic heterocycles. The average molecular weight is 952 g/mol. The maximum atomic E-state index is 15.0. The molecule has 0 radical (unpaired) electrons. The molecule has 2 aromatic carbocycles. The fourth-order valence-corrected chi connectivity index (χ4v) is 5.66. The lowest BCUT2D eigenvalue weighted by Crippen LogP contribution is -2.47. The number of aliphatic hydroxyl groups is 1. The Morgan fingerprint density at radius 1 is 0.855 bits per heavy atom. The van der Waals surface area contributed by atoms with Crippen molar-refractivity contribution in [2.24, 2.45) is 11.1 Å². The van der Waals surface area contributed by atoms with Crippen molar-refractivity contribution in [3.05, 3.63) is 83.7 Å². The molecule has 0 aliphatic carbocycles. The van der Waals surface area contributed by atoms with Crippen LogP contribution in [-0.4, -0.2) is 99.6 Å². The van der Waals surface area contributed by atoms with E-state index in [2.05, 4.69) is 31.9 Å². The van der Waals surface area contributed by atoms with E-state index in [1.165, 1.54) is 4.90 Å². The molecule has 1 heterocycles. The maximum Gasteiger partial charge on any atom is 0.490 e. The number of rotatable bonds is 17. The molecule has 0 bridgehead atoms. The lowest BCUT2D eigenvalue weighted by Gasteiger charge is -2.41. The fraction of sp³-hybridized carbons (Fsp3) is 0.512. The number of aliphatic carboxylic acids is 1. The van der Waals surface area contributed by atoms with Gasteiger partial charge in [0.15, 0.2) is 0 Å². The second-order valence-electron chi connectivity index (χ2n) is 13.5. The molecule has 3 aromatic rings. The molecule has 1 unspecified atom stereocenters. The van der Waals surface area contributed by atoms with Gasteiger partial charge in [-0.25, -0.2) is 13.6 Å². The number of aliphatic hydroxyl groups excluding tert-OH is 1. The molecule has 4 amide bonds.